The maximum Gasteiger partial charge on any atom is 0.179 e. The fraction of sp³-hybridized carbons (Fsp3) is 0. The molecule has 0 atom stereocenters. The zero-order valence-electron chi connectivity index (χ0n) is 65.8. The van der Waals surface area contributed by atoms with Crippen LogP contribution in [-0.4, -0.2) is 26.3 Å². The average Bonchev–Trinajstić information content (AvgIpc) is 1.32. The third-order valence-corrected chi connectivity index (χ3v) is 32.3. The molecule has 0 fully saturated rings. The summed E-state index contributed by atoms with van der Waals surface area (Å²) in [7, 11) is -2.69. The molecule has 0 N–H and O–H groups in total. The SMILES string of the molecule is c1ccc(-c2ccc3c(c2)c2cc(-c4ccc5c(c4)c4ccc6c7ccccc7sc6c4n5-c4ccccc4)ccc2n3-c2ccccc2)cc1.c1ccc(-n2c3ccccc3c3cc(-c4ccc5c(c4)c4ccc6c7ccccc7sc6c4n5-c4ccc(-c5cccc([Si](c6ccccc6)(c6ccccc6)c6ccccc6)c5)cc4)ccc32)cc1. The summed E-state index contributed by atoms with van der Waals surface area (Å²) in [6.45, 7) is 0. The summed E-state index contributed by atoms with van der Waals surface area (Å²) >= 11 is 3.79. The van der Waals surface area contributed by atoms with Gasteiger partial charge in [-0.3, -0.25) is 0 Å². The quantitative estimate of drug-likeness (QED) is 0.0858. The van der Waals surface area contributed by atoms with Crippen molar-refractivity contribution in [3.63, 3.8) is 0 Å². The van der Waals surface area contributed by atoms with Crippen molar-refractivity contribution in [2.24, 2.45) is 0 Å². The topological polar surface area (TPSA) is 19.7 Å². The summed E-state index contributed by atoms with van der Waals surface area (Å²) in [5.74, 6) is 0. The second kappa shape index (κ2) is 28.7. The molecule has 7 heteroatoms. The molecule has 0 aliphatic carbocycles. The maximum absolute atomic E-state index is 2.69. The van der Waals surface area contributed by atoms with Crippen molar-refractivity contribution >= 4 is 179 Å². The Bertz CT molecular complexity index is 8260. The Balaban J connectivity index is 0.000000144. The van der Waals surface area contributed by atoms with Gasteiger partial charge in [-0.1, -0.05) is 322 Å². The lowest BCUT2D eigenvalue weighted by molar-refractivity contribution is 1.18. The molecule has 0 unspecified atom stereocenters. The van der Waals surface area contributed by atoms with E-state index < -0.39 is 8.07 Å². The molecule has 25 rings (SSSR count). The summed E-state index contributed by atoms with van der Waals surface area (Å²) in [6, 6.07) is 166. The minimum atomic E-state index is -2.69. The largest absolute Gasteiger partial charge is 0.309 e. The number of hydrogen-bond acceptors (Lipinski definition) is 2. The smallest absolute Gasteiger partial charge is 0.179 e. The van der Waals surface area contributed by atoms with Crippen molar-refractivity contribution < 1.29 is 0 Å². The van der Waals surface area contributed by atoms with Crippen LogP contribution < -0.4 is 20.7 Å². The minimum Gasteiger partial charge on any atom is -0.309 e. The van der Waals surface area contributed by atoms with Crippen molar-refractivity contribution in [2.75, 3.05) is 0 Å². The molecule has 19 aromatic carbocycles. The van der Waals surface area contributed by atoms with Crippen LogP contribution in [0, 0.1) is 0 Å². The second-order valence-electron chi connectivity index (χ2n) is 31.7. The first-order valence-electron chi connectivity index (χ1n) is 41.5. The van der Waals surface area contributed by atoms with Crippen LogP contribution in [0.1, 0.15) is 0 Å². The van der Waals surface area contributed by atoms with E-state index in [1.165, 1.54) is 210 Å². The van der Waals surface area contributed by atoms with Gasteiger partial charge in [0.05, 0.1) is 53.5 Å². The highest BCUT2D eigenvalue weighted by atomic mass is 32.1. The van der Waals surface area contributed by atoms with Crippen LogP contribution in [0.25, 0.3) is 195 Å². The lowest BCUT2D eigenvalue weighted by Crippen LogP contribution is -2.74. The first-order valence-corrected chi connectivity index (χ1v) is 45.1. The number of para-hydroxylation sites is 4. The summed E-state index contributed by atoms with van der Waals surface area (Å²) in [6.07, 6.45) is 0. The monoisotopic (exact) mass is 1590 g/mol. The van der Waals surface area contributed by atoms with E-state index >= 15 is 0 Å². The first-order chi connectivity index (χ1) is 60.0. The Hall–Kier alpha value is -15.0. The van der Waals surface area contributed by atoms with E-state index in [4.69, 9.17) is 0 Å². The third-order valence-electron chi connectivity index (χ3n) is 25.2. The van der Waals surface area contributed by atoms with Crippen LogP contribution in [0.15, 0.2) is 449 Å². The molecular weight excluding hydrogens is 1520 g/mol. The van der Waals surface area contributed by atoms with Crippen molar-refractivity contribution in [1.29, 1.82) is 0 Å². The molecule has 25 aromatic rings. The highest BCUT2D eigenvalue weighted by molar-refractivity contribution is 7.27. The molecule has 0 aliphatic rings. The number of benzene rings is 19. The summed E-state index contributed by atoms with van der Waals surface area (Å²) in [4.78, 5) is 0. The Morgan fingerprint density at radius 3 is 0.860 bits per heavy atom. The van der Waals surface area contributed by atoms with Crippen molar-refractivity contribution in [3.05, 3.63) is 449 Å². The van der Waals surface area contributed by atoms with Crippen molar-refractivity contribution in [3.8, 4) is 67.3 Å². The summed E-state index contributed by atoms with van der Waals surface area (Å²) in [5, 5.41) is 20.8. The molecular formula is C114H74N4S2Si. The van der Waals surface area contributed by atoms with Crippen LogP contribution in [-0.2, 0) is 0 Å². The molecule has 0 saturated carbocycles. The average molecular weight is 1590 g/mol. The number of aromatic nitrogens is 4. The molecule has 0 spiro atoms. The number of fused-ring (bicyclic) bond motifs is 20. The molecule has 566 valence electrons. The molecule has 4 nitrogen and oxygen atoms in total. The van der Waals surface area contributed by atoms with Gasteiger partial charge in [0.2, 0.25) is 0 Å². The highest BCUT2D eigenvalue weighted by Gasteiger charge is 2.41. The van der Waals surface area contributed by atoms with E-state index in [-0.39, 0.29) is 0 Å². The minimum absolute atomic E-state index is 1.15. The van der Waals surface area contributed by atoms with Gasteiger partial charge < -0.3 is 18.3 Å². The lowest BCUT2D eigenvalue weighted by atomic mass is 9.99. The van der Waals surface area contributed by atoms with Crippen LogP contribution in [0.3, 0.4) is 0 Å². The second-order valence-corrected chi connectivity index (χ2v) is 37.7. The van der Waals surface area contributed by atoms with E-state index in [1.54, 1.807) is 0 Å². The Morgan fingerprint density at radius 1 is 0.157 bits per heavy atom. The van der Waals surface area contributed by atoms with Crippen LogP contribution in [0.5, 0.6) is 0 Å². The van der Waals surface area contributed by atoms with Crippen LogP contribution in [0.2, 0.25) is 0 Å². The number of nitrogens with zero attached hydrogens (tertiary/aromatic N) is 4. The number of thiophene rings is 2. The van der Waals surface area contributed by atoms with Gasteiger partial charge in [0.25, 0.3) is 0 Å². The molecule has 121 heavy (non-hydrogen) atoms. The molecule has 0 amide bonds. The van der Waals surface area contributed by atoms with E-state index in [0.717, 1.165) is 5.69 Å². The molecule has 6 heterocycles. The summed E-state index contributed by atoms with van der Waals surface area (Å²) in [5.41, 5.74) is 24.2. The van der Waals surface area contributed by atoms with Crippen molar-refractivity contribution in [1.82, 2.24) is 18.3 Å². The van der Waals surface area contributed by atoms with E-state index in [1.807, 2.05) is 22.7 Å². The van der Waals surface area contributed by atoms with E-state index in [0.29, 0.717) is 0 Å². The Labute approximate surface area is 708 Å². The number of hydrogen-bond donors (Lipinski definition) is 0. The molecule has 0 bridgehead atoms. The zero-order valence-corrected chi connectivity index (χ0v) is 68.5. The molecule has 0 saturated heterocycles. The van der Waals surface area contributed by atoms with Gasteiger partial charge in [0.15, 0.2) is 8.07 Å². The van der Waals surface area contributed by atoms with Crippen LogP contribution >= 0.6 is 22.7 Å². The van der Waals surface area contributed by atoms with Gasteiger partial charge in [0, 0.05) is 96.8 Å². The Morgan fingerprint density at radius 2 is 0.430 bits per heavy atom. The highest BCUT2D eigenvalue weighted by Crippen LogP contribution is 2.48. The predicted octanol–water partition coefficient (Wildman–Crippen LogP) is 28.5. The first kappa shape index (κ1) is 70.3. The molecule has 6 aromatic heterocycles. The van der Waals surface area contributed by atoms with Gasteiger partial charge in [0.1, 0.15) is 0 Å². The van der Waals surface area contributed by atoms with Gasteiger partial charge in [-0.05, 0) is 193 Å². The van der Waals surface area contributed by atoms with Gasteiger partial charge in [-0.25, -0.2) is 0 Å². The van der Waals surface area contributed by atoms with Gasteiger partial charge >= 0.3 is 0 Å². The Kier molecular flexibility index (Phi) is 16.7. The number of rotatable bonds is 12. The standard InChI is InChI=1S/C66H44N2SSi.C48H30N2S/c1-5-19-49(20-6-1)67-61-30-15-13-28-55(61)59-43-47(34-40-62(59)67)48-35-41-63-60(44-48)57-38-39-58-56-29-14-16-31-64(56)69-66(58)65(57)68(63)50-36-32-45(33-37-50)46-18-17-27-54(42-46)70(51-21-7-2-8-22-51,52-23-9-3-10-24-52)53-25-11-4-12-26-53;1-4-12-31(13-5-1)32-20-25-43-41(28-32)42-30-34(21-26-44(42)49(43)35-14-6-2-7-15-35)33-22-27-45-40(29-33)38-23-24-39-37-18-10-11-19-46(37)51-48(39)47(38)50(45)36-16-8-3-9-17-36/h1-44H;1-30H. The van der Waals surface area contributed by atoms with Gasteiger partial charge in [-0.15, -0.1) is 22.7 Å². The normalized spacial score (nSPS) is 12.0. The fourth-order valence-electron chi connectivity index (χ4n) is 19.7. The van der Waals surface area contributed by atoms with E-state index in [9.17, 15) is 0 Å². The predicted molar refractivity (Wildman–Crippen MR) is 521 cm³/mol. The van der Waals surface area contributed by atoms with Crippen LogP contribution in [0.4, 0.5) is 0 Å². The third kappa shape index (κ3) is 11.4. The maximum atomic E-state index is 2.52. The molecule has 0 aliphatic heterocycles. The summed E-state index contributed by atoms with van der Waals surface area (Å²) < 4.78 is 15.0. The van der Waals surface area contributed by atoms with E-state index in [2.05, 4.69) is 467 Å². The zero-order chi connectivity index (χ0) is 79.6. The van der Waals surface area contributed by atoms with Crippen molar-refractivity contribution in [2.45, 2.75) is 0 Å². The fourth-order valence-corrected chi connectivity index (χ4v) is 27.0. The molecule has 0 radical (unpaired) electrons. The lowest BCUT2D eigenvalue weighted by Gasteiger charge is -2.34. The van der Waals surface area contributed by atoms with Gasteiger partial charge in [-0.2, -0.15) is 0 Å².